The minimum Gasteiger partial charge on any atom is -0.195 e. The van der Waals surface area contributed by atoms with Crippen LogP contribution in [0.3, 0.4) is 0 Å². The molecule has 0 radical (unpaired) electrons. The van der Waals surface area contributed by atoms with E-state index in [1.54, 1.807) is 0 Å². The molecule has 4 aliphatic carbocycles. The van der Waals surface area contributed by atoms with E-state index in [0.29, 0.717) is 12.0 Å². The number of allylic oxidation sites excluding steroid dienone is 1. The van der Waals surface area contributed by atoms with Crippen molar-refractivity contribution in [3.63, 3.8) is 0 Å². The van der Waals surface area contributed by atoms with Crippen LogP contribution in [0.4, 0.5) is 0 Å². The van der Waals surface area contributed by atoms with E-state index in [4.69, 9.17) is 0 Å². The van der Waals surface area contributed by atoms with E-state index in [1.165, 1.54) is 39.1 Å². The summed E-state index contributed by atoms with van der Waals surface area (Å²) in [5.41, 5.74) is 10.2. The molecule has 1 nitrogen and oxygen atoms in total. The number of aryl methyl sites for hydroxylation is 4. The molecule has 2 heterocycles. The summed E-state index contributed by atoms with van der Waals surface area (Å²) < 4.78 is 2.45. The first kappa shape index (κ1) is 16.5. The normalized spacial score (nSPS) is 20.3. The average Bonchev–Trinajstić information content (AvgIpc) is 2.70. The SMILES string of the molecule is C=CC1c2c3ccc(c2-c2cccc[n+]2C1C)CCc1ccc(cc1)CC3. The van der Waals surface area contributed by atoms with Crippen LogP contribution in [0.1, 0.15) is 46.7 Å². The van der Waals surface area contributed by atoms with Crippen molar-refractivity contribution in [3.8, 4) is 11.3 Å². The fraction of sp³-hybridized carbons (Fsp3) is 0.269. The summed E-state index contributed by atoms with van der Waals surface area (Å²) in [5, 5.41) is 0. The quantitative estimate of drug-likeness (QED) is 0.409. The van der Waals surface area contributed by atoms with Crippen LogP contribution in [-0.2, 0) is 25.7 Å². The van der Waals surface area contributed by atoms with Crippen molar-refractivity contribution in [3.05, 3.63) is 101 Å². The zero-order valence-corrected chi connectivity index (χ0v) is 16.0. The summed E-state index contributed by atoms with van der Waals surface area (Å²) in [4.78, 5) is 0. The first-order valence-electron chi connectivity index (χ1n) is 10.1. The number of rotatable bonds is 1. The van der Waals surface area contributed by atoms with E-state index >= 15 is 0 Å². The predicted octanol–water partition coefficient (Wildman–Crippen LogP) is 5.37. The molecule has 0 saturated heterocycles. The maximum Gasteiger partial charge on any atom is 0.213 e. The molecular formula is C26H26N+. The van der Waals surface area contributed by atoms with Crippen LogP contribution in [-0.4, -0.2) is 0 Å². The van der Waals surface area contributed by atoms with Crippen molar-refractivity contribution in [2.24, 2.45) is 0 Å². The minimum absolute atomic E-state index is 0.360. The molecule has 27 heavy (non-hydrogen) atoms. The van der Waals surface area contributed by atoms with E-state index in [9.17, 15) is 0 Å². The Morgan fingerprint density at radius 3 is 2.22 bits per heavy atom. The van der Waals surface area contributed by atoms with Gasteiger partial charge in [-0.05, 0) is 66.5 Å². The molecule has 0 amide bonds. The van der Waals surface area contributed by atoms with Gasteiger partial charge < -0.3 is 0 Å². The standard InChI is InChI=1S/C26H26N/c1-3-23-18(2)27-17-5-4-6-24(27)26-22-14-12-20-9-7-19(8-10-20)11-13-21(15-16-22)25(23)26/h3-10,15-18,23H,1,11-14H2,2H3/q+1. The Morgan fingerprint density at radius 2 is 1.52 bits per heavy atom. The van der Waals surface area contributed by atoms with Crippen LogP contribution >= 0.6 is 0 Å². The molecule has 2 aromatic carbocycles. The van der Waals surface area contributed by atoms with Crippen LogP contribution in [0.2, 0.25) is 0 Å². The van der Waals surface area contributed by atoms with Gasteiger partial charge in [0, 0.05) is 12.1 Å². The molecule has 3 aromatic rings. The van der Waals surface area contributed by atoms with Crippen LogP contribution < -0.4 is 4.57 Å². The molecule has 5 aliphatic rings. The second-order valence-electron chi connectivity index (χ2n) is 7.98. The van der Waals surface area contributed by atoms with Gasteiger partial charge >= 0.3 is 0 Å². The zero-order valence-electron chi connectivity index (χ0n) is 16.0. The highest BCUT2D eigenvalue weighted by Crippen LogP contribution is 2.43. The van der Waals surface area contributed by atoms with Gasteiger partial charge in [0.25, 0.3) is 0 Å². The lowest BCUT2D eigenvalue weighted by molar-refractivity contribution is -0.713. The largest absolute Gasteiger partial charge is 0.213 e. The van der Waals surface area contributed by atoms with E-state index in [-0.39, 0.29) is 0 Å². The summed E-state index contributed by atoms with van der Waals surface area (Å²) in [5.74, 6) is 0.360. The van der Waals surface area contributed by atoms with Crippen molar-refractivity contribution >= 4 is 0 Å². The third-order valence-electron chi connectivity index (χ3n) is 6.50. The highest BCUT2D eigenvalue weighted by atomic mass is 15.0. The summed E-state index contributed by atoms with van der Waals surface area (Å²) >= 11 is 0. The van der Waals surface area contributed by atoms with Gasteiger partial charge in [0.15, 0.2) is 12.2 Å². The van der Waals surface area contributed by atoms with E-state index in [1.807, 2.05) is 0 Å². The molecule has 0 spiro atoms. The molecule has 0 fully saturated rings. The predicted molar refractivity (Wildman–Crippen MR) is 111 cm³/mol. The van der Waals surface area contributed by atoms with Gasteiger partial charge in [-0.3, -0.25) is 0 Å². The fourth-order valence-electron chi connectivity index (χ4n) is 5.00. The maximum absolute atomic E-state index is 4.22. The van der Waals surface area contributed by atoms with Gasteiger partial charge in [-0.2, -0.15) is 4.57 Å². The van der Waals surface area contributed by atoms with Crippen LogP contribution in [0.15, 0.2) is 73.4 Å². The Labute approximate surface area is 162 Å². The van der Waals surface area contributed by atoms with Crippen molar-refractivity contribution in [1.82, 2.24) is 0 Å². The Hall–Kier alpha value is -2.67. The van der Waals surface area contributed by atoms with Gasteiger partial charge in [0.2, 0.25) is 5.69 Å². The second kappa shape index (κ2) is 6.49. The molecule has 0 saturated carbocycles. The number of hydrogen-bond acceptors (Lipinski definition) is 0. The molecule has 0 N–H and O–H groups in total. The third kappa shape index (κ3) is 2.65. The highest BCUT2D eigenvalue weighted by Gasteiger charge is 2.38. The molecule has 1 aliphatic heterocycles. The molecule has 2 atom stereocenters. The maximum atomic E-state index is 4.22. The Bertz CT molecular complexity index is 1010. The van der Waals surface area contributed by atoms with Crippen molar-refractivity contribution in [1.29, 1.82) is 0 Å². The lowest BCUT2D eigenvalue weighted by Crippen LogP contribution is -2.46. The van der Waals surface area contributed by atoms with Gasteiger partial charge in [-0.15, -0.1) is 6.58 Å². The summed E-state index contributed by atoms with van der Waals surface area (Å²) in [6.45, 7) is 6.55. The summed E-state index contributed by atoms with van der Waals surface area (Å²) in [6.07, 6.45) is 8.75. The van der Waals surface area contributed by atoms with Gasteiger partial charge in [-0.1, -0.05) is 42.5 Å². The third-order valence-corrected chi connectivity index (χ3v) is 6.50. The number of benzene rings is 2. The average molecular weight is 353 g/mol. The molecule has 1 heteroatoms. The van der Waals surface area contributed by atoms with Crippen molar-refractivity contribution in [2.45, 2.75) is 44.6 Å². The Balaban J connectivity index is 1.77. The van der Waals surface area contributed by atoms with Crippen LogP contribution in [0.25, 0.3) is 11.3 Å². The van der Waals surface area contributed by atoms with Gasteiger partial charge in [0.05, 0.1) is 11.5 Å². The monoisotopic (exact) mass is 352 g/mol. The number of fused-ring (bicyclic) bond motifs is 1. The lowest BCUT2D eigenvalue weighted by Gasteiger charge is -2.30. The smallest absolute Gasteiger partial charge is 0.195 e. The fourth-order valence-corrected chi connectivity index (χ4v) is 5.00. The van der Waals surface area contributed by atoms with Crippen molar-refractivity contribution in [2.75, 3.05) is 0 Å². The molecule has 134 valence electrons. The first-order chi connectivity index (χ1) is 13.3. The second-order valence-corrected chi connectivity index (χ2v) is 7.98. The zero-order chi connectivity index (χ0) is 18.4. The van der Waals surface area contributed by atoms with Crippen LogP contribution in [0, 0.1) is 0 Å². The van der Waals surface area contributed by atoms with E-state index < -0.39 is 0 Å². The highest BCUT2D eigenvalue weighted by molar-refractivity contribution is 5.70. The molecule has 8 rings (SSSR count). The molecule has 4 bridgehead atoms. The molecular weight excluding hydrogens is 326 g/mol. The summed E-state index contributed by atoms with van der Waals surface area (Å²) in [6, 6.07) is 21.0. The lowest BCUT2D eigenvalue weighted by atomic mass is 9.77. The number of pyridine rings is 1. The molecule has 2 unspecified atom stereocenters. The van der Waals surface area contributed by atoms with Crippen molar-refractivity contribution < 1.29 is 4.57 Å². The van der Waals surface area contributed by atoms with E-state index in [2.05, 4.69) is 84.9 Å². The Morgan fingerprint density at radius 1 is 0.852 bits per heavy atom. The van der Waals surface area contributed by atoms with Crippen LogP contribution in [0.5, 0.6) is 0 Å². The van der Waals surface area contributed by atoms with E-state index in [0.717, 1.165) is 25.7 Å². The Kier molecular flexibility index (Phi) is 3.97. The molecule has 1 aromatic heterocycles. The topological polar surface area (TPSA) is 3.88 Å². The van der Waals surface area contributed by atoms with Gasteiger partial charge in [0.1, 0.15) is 0 Å². The number of nitrogens with zero attached hydrogens (tertiary/aromatic N) is 1. The van der Waals surface area contributed by atoms with Gasteiger partial charge in [-0.25, -0.2) is 0 Å². The minimum atomic E-state index is 0.360. The number of hydrogen-bond donors (Lipinski definition) is 0. The number of aromatic nitrogens is 1. The first-order valence-corrected chi connectivity index (χ1v) is 10.1. The summed E-state index contributed by atoms with van der Waals surface area (Å²) in [7, 11) is 0.